The maximum atomic E-state index is 3.38. The van der Waals surface area contributed by atoms with Crippen molar-refractivity contribution in [3.05, 3.63) is 0 Å². The van der Waals surface area contributed by atoms with Crippen LogP contribution in [-0.2, 0) is 0 Å². The van der Waals surface area contributed by atoms with Gasteiger partial charge < -0.3 is 0 Å². The topological polar surface area (TPSA) is 0 Å². The Bertz CT molecular complexity index is 62.7. The van der Waals surface area contributed by atoms with Gasteiger partial charge in [-0.1, -0.05) is 0 Å². The summed E-state index contributed by atoms with van der Waals surface area (Å²) in [7, 11) is 16.7. The third-order valence-electron chi connectivity index (χ3n) is 0. The second kappa shape index (κ2) is 2.37. The summed E-state index contributed by atoms with van der Waals surface area (Å²) in [5, 5.41) is 0. The van der Waals surface area contributed by atoms with Gasteiger partial charge in [0.15, 0.2) is 0 Å². The van der Waals surface area contributed by atoms with Crippen molar-refractivity contribution < 1.29 is 10.4 Å². The number of hydrogen-bond donors (Lipinski definition) is 0. The van der Waals surface area contributed by atoms with Gasteiger partial charge in [0.1, 0.15) is 0 Å². The minimum atomic E-state index is -3.52. The molecule has 46 valence electrons. The van der Waals surface area contributed by atoms with Gasteiger partial charge in [0.2, 0.25) is 0 Å². The molecule has 0 nitrogen and oxygen atoms in total. The van der Waals surface area contributed by atoms with Gasteiger partial charge in [-0.25, -0.2) is 0 Å². The molecule has 0 aliphatic heterocycles. The molecular formula is Br6Ce. The van der Waals surface area contributed by atoms with E-state index in [4.69, 9.17) is 0 Å². The predicted octanol–water partition coefficient (Wildman–Crippen LogP) is 5.07. The molecule has 7 heteroatoms. The Kier molecular flexibility index (Phi) is 3.81. The Morgan fingerprint density at radius 3 is 0.571 bits per heavy atom. The molecule has 0 aromatic carbocycles. The summed E-state index contributed by atoms with van der Waals surface area (Å²) in [6.45, 7) is 0. The van der Waals surface area contributed by atoms with Crippen LogP contribution in [0.25, 0.3) is 0 Å². The third-order valence-corrected chi connectivity index (χ3v) is 0. The zero-order valence-corrected chi connectivity index (χ0v) is 15.4. The van der Waals surface area contributed by atoms with Crippen molar-refractivity contribution >= 4 is 52.8 Å². The van der Waals surface area contributed by atoms with Crippen LogP contribution < -0.4 is 0 Å². The third kappa shape index (κ3) is 38.6. The Labute approximate surface area is 59.9 Å². The van der Waals surface area contributed by atoms with E-state index in [1.165, 1.54) is 0 Å². The first-order chi connectivity index (χ1) is 2.45. The molecule has 0 unspecified atom stereocenters. The van der Waals surface area contributed by atoms with Gasteiger partial charge in [-0.05, 0) is 0 Å². The Balaban J connectivity index is 4.43. The van der Waals surface area contributed by atoms with E-state index in [9.17, 15) is 0 Å². The zero-order valence-electron chi connectivity index (χ0n) is 2.77. The average Bonchev–Trinajstić information content (AvgIpc) is 0.592. The van der Waals surface area contributed by atoms with Gasteiger partial charge in [-0.3, -0.25) is 0 Å². The molecule has 0 amide bonds. The molecule has 0 spiro atoms. The van der Waals surface area contributed by atoms with Crippen LogP contribution in [0.4, 0.5) is 0 Å². The van der Waals surface area contributed by atoms with Gasteiger partial charge >= 0.3 is 63.2 Å². The molecule has 0 heterocycles. The van der Waals surface area contributed by atoms with E-state index in [1.807, 2.05) is 0 Å². The van der Waals surface area contributed by atoms with Gasteiger partial charge in [0.05, 0.1) is 0 Å². The van der Waals surface area contributed by atoms with Gasteiger partial charge in [-0.2, -0.15) is 0 Å². The SMILES string of the molecule is [Br][Ce]([Br])([Br])([Br])([Br])[Br]. The number of hydrogen-bond acceptors (Lipinski definition) is 0. The molecule has 0 fully saturated rings. The van der Waals surface area contributed by atoms with E-state index in [1.54, 1.807) is 0 Å². The van der Waals surface area contributed by atoms with Crippen LogP contribution >= 0.6 is 52.8 Å². The monoisotopic (exact) mass is 613 g/mol. The summed E-state index contributed by atoms with van der Waals surface area (Å²) in [6, 6.07) is 0. The molecule has 0 rings (SSSR count). The molecule has 0 aliphatic rings. The second-order valence-electron chi connectivity index (χ2n) is 1.07. The first-order valence-electron chi connectivity index (χ1n) is 1.13. The molecule has 0 atom stereocenters. The standard InChI is InChI=1S/6BrH.Ce/h6*1H;/q;;;;;;+6/p-6. The summed E-state index contributed by atoms with van der Waals surface area (Å²) in [5.41, 5.74) is 0. The predicted molar refractivity (Wildman–Crippen MR) is 53.6 cm³/mol. The van der Waals surface area contributed by atoms with Crippen LogP contribution in [0.1, 0.15) is 0 Å². The van der Waals surface area contributed by atoms with E-state index in [0.29, 0.717) is 0 Å². The van der Waals surface area contributed by atoms with Gasteiger partial charge in [0, 0.05) is 0 Å². The molecule has 0 saturated carbocycles. The first-order valence-corrected chi connectivity index (χ1v) is 42.9. The molecule has 0 saturated heterocycles. The van der Waals surface area contributed by atoms with Crippen molar-refractivity contribution in [2.75, 3.05) is 0 Å². The average molecular weight is 620 g/mol. The quantitative estimate of drug-likeness (QED) is 0.356. The molecule has 7 heavy (non-hydrogen) atoms. The van der Waals surface area contributed by atoms with E-state index in [2.05, 4.69) is 52.8 Å². The summed E-state index contributed by atoms with van der Waals surface area (Å²) >= 11 is 0. The van der Waals surface area contributed by atoms with Gasteiger partial charge in [-0.15, -0.1) is 0 Å². The number of halogens is 6. The summed E-state index contributed by atoms with van der Waals surface area (Å²) in [5.74, 6) is 0. The van der Waals surface area contributed by atoms with Crippen LogP contribution in [0.3, 0.4) is 0 Å². The Morgan fingerprint density at radius 1 is 0.571 bits per heavy atom. The molecule has 0 N–H and O–H groups in total. The fourth-order valence-electron chi connectivity index (χ4n) is 0. The Hall–Kier alpha value is 4.26. The first kappa shape index (κ1) is 11.3. The molecule has 0 radical (unpaired) electrons. The summed E-state index contributed by atoms with van der Waals surface area (Å²) in [6.07, 6.45) is 0. The van der Waals surface area contributed by atoms with Crippen LogP contribution in [0, 0.1) is 10.4 Å². The van der Waals surface area contributed by atoms with Crippen LogP contribution in [-0.4, -0.2) is 0 Å². The van der Waals surface area contributed by atoms with Crippen molar-refractivity contribution in [1.29, 1.82) is 0 Å². The van der Waals surface area contributed by atoms with Crippen LogP contribution in [0.15, 0.2) is 0 Å². The van der Waals surface area contributed by atoms with Crippen LogP contribution in [0.2, 0.25) is 0 Å². The molecule has 0 aromatic rings. The zero-order chi connectivity index (χ0) is 6.41. The fraction of sp³-hybridized carbons (Fsp3) is 0. The summed E-state index contributed by atoms with van der Waals surface area (Å²) in [4.78, 5) is 0. The molecular weight excluding hydrogens is 620 g/mol. The molecule has 0 aliphatic carbocycles. The van der Waals surface area contributed by atoms with Gasteiger partial charge in [0.25, 0.3) is 0 Å². The second-order valence-corrected chi connectivity index (χ2v) is 211. The van der Waals surface area contributed by atoms with E-state index < -0.39 is 10.4 Å². The van der Waals surface area contributed by atoms with E-state index in [0.717, 1.165) is 0 Å². The molecule has 0 aromatic heterocycles. The van der Waals surface area contributed by atoms with Crippen LogP contribution in [0.5, 0.6) is 0 Å². The number of rotatable bonds is 0. The summed E-state index contributed by atoms with van der Waals surface area (Å²) < 4.78 is 0. The van der Waals surface area contributed by atoms with Crippen molar-refractivity contribution in [2.45, 2.75) is 0 Å². The molecule has 0 bridgehead atoms. The maximum absolute atomic E-state index is 3.52. The Morgan fingerprint density at radius 2 is 0.571 bits per heavy atom. The minimum absolute atomic E-state index is 3.38. The van der Waals surface area contributed by atoms with E-state index in [-0.39, 0.29) is 0 Å². The van der Waals surface area contributed by atoms with Crippen molar-refractivity contribution in [3.8, 4) is 0 Å². The van der Waals surface area contributed by atoms with Crippen molar-refractivity contribution in [2.24, 2.45) is 0 Å². The van der Waals surface area contributed by atoms with Crippen molar-refractivity contribution in [3.63, 3.8) is 0 Å². The normalized spacial score (nSPS) is 23.1. The fourth-order valence-corrected chi connectivity index (χ4v) is 0. The van der Waals surface area contributed by atoms with E-state index >= 15 is 0 Å². The van der Waals surface area contributed by atoms with Crippen molar-refractivity contribution in [1.82, 2.24) is 0 Å².